The van der Waals surface area contributed by atoms with E-state index in [9.17, 15) is 4.79 Å². The molecule has 0 bridgehead atoms. The molecule has 128 valence electrons. The van der Waals surface area contributed by atoms with Gasteiger partial charge >= 0.3 is 5.97 Å². The number of rotatable bonds is 6. The molecule has 0 aliphatic heterocycles. The highest BCUT2D eigenvalue weighted by molar-refractivity contribution is 7.96. The first-order valence-electron chi connectivity index (χ1n) is 8.02. The molecule has 0 aliphatic rings. The Morgan fingerprint density at radius 1 is 1.12 bits per heavy atom. The van der Waals surface area contributed by atoms with Crippen molar-refractivity contribution in [3.63, 3.8) is 0 Å². The molecule has 0 heterocycles. The third-order valence-corrected chi connectivity index (χ3v) is 5.64. The summed E-state index contributed by atoms with van der Waals surface area (Å²) < 4.78 is 4.77. The number of carbonyl (C=O) groups excluding carboxylic acids is 1. The number of hydrogen-bond donors (Lipinski definition) is 0. The first-order valence-corrected chi connectivity index (χ1v) is 9.59. The lowest BCUT2D eigenvalue weighted by atomic mass is 10.2. The lowest BCUT2D eigenvalue weighted by Gasteiger charge is -2.09. The molecule has 0 aliphatic carbocycles. The topological polar surface area (TPSA) is 26.3 Å². The second-order valence-corrected chi connectivity index (χ2v) is 7.53. The Balaban J connectivity index is 0.000000891. The van der Waals surface area contributed by atoms with Crippen molar-refractivity contribution >= 4 is 16.9 Å². The molecule has 2 nitrogen and oxygen atoms in total. The van der Waals surface area contributed by atoms with E-state index in [1.54, 1.807) is 6.08 Å². The number of hydrogen-bond acceptors (Lipinski definition) is 2. The van der Waals surface area contributed by atoms with E-state index >= 15 is 0 Å². The van der Waals surface area contributed by atoms with Crippen LogP contribution in [0.4, 0.5) is 0 Å². The van der Waals surface area contributed by atoms with Gasteiger partial charge in [0, 0.05) is 16.5 Å². The van der Waals surface area contributed by atoms with Crippen molar-refractivity contribution in [3.05, 3.63) is 78.4 Å². The van der Waals surface area contributed by atoms with E-state index in [-0.39, 0.29) is 16.9 Å². The molecule has 2 aromatic carbocycles. The van der Waals surface area contributed by atoms with Crippen molar-refractivity contribution in [1.82, 2.24) is 0 Å². The normalized spacial score (nSPS) is 11.0. The zero-order valence-corrected chi connectivity index (χ0v) is 15.6. The molecule has 0 amide bonds. The van der Waals surface area contributed by atoms with Crippen LogP contribution < -0.4 is 0 Å². The van der Waals surface area contributed by atoms with E-state index < -0.39 is 0 Å². The van der Waals surface area contributed by atoms with Gasteiger partial charge in [-0.15, -0.1) is 6.58 Å². The molecule has 0 fully saturated rings. The van der Waals surface area contributed by atoms with Crippen molar-refractivity contribution < 1.29 is 9.53 Å². The Bertz CT molecular complexity index is 605. The first kappa shape index (κ1) is 20.0. The zero-order valence-electron chi connectivity index (χ0n) is 14.8. The fourth-order valence-corrected chi connectivity index (χ4v) is 4.16. The van der Waals surface area contributed by atoms with Gasteiger partial charge < -0.3 is 4.74 Å². The van der Waals surface area contributed by atoms with Crippen molar-refractivity contribution in [2.75, 3.05) is 12.9 Å². The zero-order chi connectivity index (χ0) is 17.8. The fourth-order valence-electron chi connectivity index (χ4n) is 2.09. The molecular weight excluding hydrogens is 316 g/mol. The number of methoxy groups -OCH3 is 1. The van der Waals surface area contributed by atoms with Crippen molar-refractivity contribution in [3.8, 4) is 0 Å². The Morgan fingerprint density at radius 2 is 1.71 bits per heavy atom. The van der Waals surface area contributed by atoms with Gasteiger partial charge in [-0.1, -0.05) is 54.1 Å². The van der Waals surface area contributed by atoms with Crippen LogP contribution in [0.3, 0.4) is 0 Å². The summed E-state index contributed by atoms with van der Waals surface area (Å²) in [6.07, 6.45) is 2.22. The maximum absolute atomic E-state index is 11.4. The van der Waals surface area contributed by atoms with Crippen molar-refractivity contribution in [2.24, 2.45) is 0 Å². The van der Waals surface area contributed by atoms with Crippen molar-refractivity contribution in [2.45, 2.75) is 30.9 Å². The van der Waals surface area contributed by atoms with E-state index in [0.717, 1.165) is 11.5 Å². The minimum atomic E-state index is -0.132. The second-order valence-electron chi connectivity index (χ2n) is 5.37. The minimum Gasteiger partial charge on any atom is -0.469 e. The van der Waals surface area contributed by atoms with Gasteiger partial charge in [-0.25, -0.2) is 0 Å². The SMILES string of the molecule is C=CC.COC(=O)CC[S+](Cc1ccccc1)c1ccc(C)cc1. The van der Waals surface area contributed by atoms with Crippen LogP contribution in [0.2, 0.25) is 0 Å². The Kier molecular flexibility index (Phi) is 9.62. The number of esters is 1. The van der Waals surface area contributed by atoms with Gasteiger partial charge in [-0.3, -0.25) is 4.79 Å². The highest BCUT2D eigenvalue weighted by Crippen LogP contribution is 2.21. The Hall–Kier alpha value is -2.00. The molecule has 2 aromatic rings. The summed E-state index contributed by atoms with van der Waals surface area (Å²) in [5.74, 6) is 1.68. The molecule has 0 saturated carbocycles. The Labute approximate surface area is 148 Å². The van der Waals surface area contributed by atoms with E-state index in [1.165, 1.54) is 23.1 Å². The van der Waals surface area contributed by atoms with Gasteiger partial charge in [0.25, 0.3) is 0 Å². The molecule has 0 N–H and O–H groups in total. The van der Waals surface area contributed by atoms with E-state index in [0.29, 0.717) is 6.42 Å². The molecule has 0 spiro atoms. The molecule has 1 unspecified atom stereocenters. The summed E-state index contributed by atoms with van der Waals surface area (Å²) in [5.41, 5.74) is 2.57. The molecule has 0 aromatic heterocycles. The van der Waals surface area contributed by atoms with Gasteiger partial charge in [0.1, 0.15) is 11.5 Å². The first-order chi connectivity index (χ1) is 11.6. The number of ether oxygens (including phenoxy) is 1. The standard InChI is InChI=1S/C18H21O2S.C3H6/c1-15-8-10-17(11-9-15)21(13-12-18(19)20-2)14-16-6-4-3-5-7-16;1-3-2/h3-11H,12-14H2,1-2H3;3H,1H2,2H3/q+1;. The van der Waals surface area contributed by atoms with Crippen molar-refractivity contribution in [1.29, 1.82) is 0 Å². The number of allylic oxidation sites excluding steroid dienone is 1. The summed E-state index contributed by atoms with van der Waals surface area (Å²) in [4.78, 5) is 12.7. The van der Waals surface area contributed by atoms with Crippen LogP contribution in [-0.4, -0.2) is 18.8 Å². The minimum absolute atomic E-state index is 0.0299. The summed E-state index contributed by atoms with van der Waals surface area (Å²) in [6.45, 7) is 7.34. The van der Waals surface area contributed by atoms with Gasteiger partial charge in [0.05, 0.1) is 13.5 Å². The molecule has 24 heavy (non-hydrogen) atoms. The van der Waals surface area contributed by atoms with Crippen LogP contribution in [0.5, 0.6) is 0 Å². The number of benzene rings is 2. The summed E-state index contributed by atoms with van der Waals surface area (Å²) in [6, 6.07) is 19.1. The molecular formula is C21H27O2S+. The average Bonchev–Trinajstić information content (AvgIpc) is 2.60. The summed E-state index contributed by atoms with van der Waals surface area (Å²) >= 11 is 0. The van der Waals surface area contributed by atoms with Gasteiger partial charge in [0.2, 0.25) is 0 Å². The van der Waals surface area contributed by atoms with E-state index in [4.69, 9.17) is 4.74 Å². The quantitative estimate of drug-likeness (QED) is 0.422. The predicted octanol–water partition coefficient (Wildman–Crippen LogP) is 4.93. The number of aryl methyl sites for hydroxylation is 1. The smallest absolute Gasteiger partial charge is 0.310 e. The highest BCUT2D eigenvalue weighted by atomic mass is 32.2. The van der Waals surface area contributed by atoms with Gasteiger partial charge in [0.15, 0.2) is 4.90 Å². The predicted molar refractivity (Wildman–Crippen MR) is 104 cm³/mol. The number of carbonyl (C=O) groups is 1. The fraction of sp³-hybridized carbons (Fsp3) is 0.286. The van der Waals surface area contributed by atoms with E-state index in [2.05, 4.69) is 62.0 Å². The monoisotopic (exact) mass is 343 g/mol. The van der Waals surface area contributed by atoms with Crippen LogP contribution in [0, 0.1) is 6.92 Å². The van der Waals surface area contributed by atoms with Gasteiger partial charge in [-0.2, -0.15) is 0 Å². The molecule has 3 heteroatoms. The third-order valence-electron chi connectivity index (χ3n) is 3.32. The molecule has 2 rings (SSSR count). The highest BCUT2D eigenvalue weighted by Gasteiger charge is 2.23. The molecule has 0 saturated heterocycles. The maximum Gasteiger partial charge on any atom is 0.310 e. The molecule has 1 atom stereocenters. The van der Waals surface area contributed by atoms with Crippen LogP contribution in [-0.2, 0) is 26.2 Å². The van der Waals surface area contributed by atoms with Crippen LogP contribution in [0.1, 0.15) is 24.5 Å². The average molecular weight is 344 g/mol. The summed E-state index contributed by atoms with van der Waals surface area (Å²) in [7, 11) is 1.48. The van der Waals surface area contributed by atoms with Gasteiger partial charge in [-0.05, 0) is 26.0 Å². The second kappa shape index (κ2) is 11.5. The lowest BCUT2D eigenvalue weighted by Crippen LogP contribution is -2.15. The lowest BCUT2D eigenvalue weighted by molar-refractivity contribution is -0.140. The van der Waals surface area contributed by atoms with Crippen LogP contribution in [0.25, 0.3) is 0 Å². The third kappa shape index (κ3) is 7.51. The van der Waals surface area contributed by atoms with E-state index in [1.807, 2.05) is 13.0 Å². The van der Waals surface area contributed by atoms with Crippen LogP contribution in [0.15, 0.2) is 72.1 Å². The Morgan fingerprint density at radius 3 is 2.25 bits per heavy atom. The maximum atomic E-state index is 11.4. The molecule has 0 radical (unpaired) electrons. The van der Waals surface area contributed by atoms with Crippen LogP contribution >= 0.6 is 0 Å². The largest absolute Gasteiger partial charge is 0.469 e. The summed E-state index contributed by atoms with van der Waals surface area (Å²) in [5, 5.41) is 0.